The molecule has 3 heteroatoms. The first-order valence-electron chi connectivity index (χ1n) is 4.31. The summed E-state index contributed by atoms with van der Waals surface area (Å²) in [6.45, 7) is 1.64. The minimum absolute atomic E-state index is 0.235. The first-order valence-corrected chi connectivity index (χ1v) is 4.71. The second kappa shape index (κ2) is 2.66. The Morgan fingerprint density at radius 1 is 1.42 bits per heavy atom. The Kier molecular flexibility index (Phi) is 1.87. The van der Waals surface area contributed by atoms with Crippen molar-refractivity contribution in [1.82, 2.24) is 4.31 Å². The molecule has 2 nitrogen and oxygen atoms in total. The van der Waals surface area contributed by atoms with Crippen LogP contribution in [0.3, 0.4) is 0 Å². The molecular formula is C9H13NOS. The van der Waals surface area contributed by atoms with Crippen LogP contribution in [0.5, 0.6) is 0 Å². The number of fused-ring (bicyclic) bond motifs is 2. The Morgan fingerprint density at radius 3 is 2.33 bits per heavy atom. The molecule has 1 heterocycles. The van der Waals surface area contributed by atoms with Gasteiger partial charge in [-0.1, -0.05) is 18.7 Å². The molecule has 1 aliphatic carbocycles. The van der Waals surface area contributed by atoms with Crippen LogP contribution < -0.4 is 0 Å². The highest BCUT2D eigenvalue weighted by Gasteiger charge is 2.51. The standard InChI is InChI=1S/C9H13NOS/c1-2-9(11)7-3-4-8(9)6-10(12)5-7/h1,7-8,11-12H,3-6H2. The third kappa shape index (κ3) is 0.990. The second-order valence-electron chi connectivity index (χ2n) is 3.81. The Morgan fingerprint density at radius 2 is 1.92 bits per heavy atom. The van der Waals surface area contributed by atoms with Crippen molar-refractivity contribution < 1.29 is 5.11 Å². The second-order valence-corrected chi connectivity index (χ2v) is 4.38. The lowest BCUT2D eigenvalue weighted by atomic mass is 9.82. The number of rotatable bonds is 0. The highest BCUT2D eigenvalue weighted by molar-refractivity contribution is 7.77. The monoisotopic (exact) mass is 183 g/mol. The maximum Gasteiger partial charge on any atom is 0.133 e. The van der Waals surface area contributed by atoms with Gasteiger partial charge in [0.25, 0.3) is 0 Å². The van der Waals surface area contributed by atoms with E-state index in [0.717, 1.165) is 25.9 Å². The zero-order valence-corrected chi connectivity index (χ0v) is 7.80. The van der Waals surface area contributed by atoms with E-state index in [-0.39, 0.29) is 11.8 Å². The fraction of sp³-hybridized carbons (Fsp3) is 0.778. The Bertz CT molecular complexity index is 221. The molecule has 0 spiro atoms. The molecule has 0 amide bonds. The van der Waals surface area contributed by atoms with E-state index in [0.29, 0.717) is 0 Å². The van der Waals surface area contributed by atoms with Crippen LogP contribution in [0.4, 0.5) is 0 Å². The van der Waals surface area contributed by atoms with Crippen molar-refractivity contribution in [3.05, 3.63) is 0 Å². The summed E-state index contributed by atoms with van der Waals surface area (Å²) in [5.41, 5.74) is -0.834. The number of nitrogens with zero attached hydrogens (tertiary/aromatic N) is 1. The minimum Gasteiger partial charge on any atom is -0.377 e. The predicted octanol–water partition coefficient (Wildman–Crippen LogP) is 0.537. The van der Waals surface area contributed by atoms with Crippen LogP contribution in [0.15, 0.2) is 0 Å². The Hall–Kier alpha value is -0.170. The van der Waals surface area contributed by atoms with Gasteiger partial charge in [0.15, 0.2) is 0 Å². The number of hydrogen-bond acceptors (Lipinski definition) is 3. The summed E-state index contributed by atoms with van der Waals surface area (Å²) >= 11 is 4.29. The van der Waals surface area contributed by atoms with Crippen LogP contribution in [0.1, 0.15) is 12.8 Å². The van der Waals surface area contributed by atoms with Gasteiger partial charge in [-0.05, 0) is 12.8 Å². The summed E-state index contributed by atoms with van der Waals surface area (Å²) < 4.78 is 1.97. The molecule has 2 unspecified atom stereocenters. The van der Waals surface area contributed by atoms with Crippen LogP contribution in [0.2, 0.25) is 0 Å². The predicted molar refractivity (Wildman–Crippen MR) is 50.6 cm³/mol. The van der Waals surface area contributed by atoms with Gasteiger partial charge in [0.1, 0.15) is 5.60 Å². The molecule has 66 valence electrons. The van der Waals surface area contributed by atoms with Crippen LogP contribution in [0.25, 0.3) is 0 Å². The lowest BCUT2D eigenvalue weighted by Crippen LogP contribution is -2.50. The van der Waals surface area contributed by atoms with Crippen molar-refractivity contribution in [1.29, 1.82) is 0 Å². The molecule has 2 atom stereocenters. The normalized spacial score (nSPS) is 47.4. The molecule has 0 aromatic heterocycles. The van der Waals surface area contributed by atoms with Gasteiger partial charge < -0.3 is 5.11 Å². The van der Waals surface area contributed by atoms with Crippen LogP contribution in [-0.2, 0) is 0 Å². The summed E-state index contributed by atoms with van der Waals surface area (Å²) in [7, 11) is 0. The SMILES string of the molecule is C#CC1(O)C2CCC1CN(S)C2. The van der Waals surface area contributed by atoms with Gasteiger partial charge in [0, 0.05) is 24.9 Å². The average molecular weight is 183 g/mol. The molecule has 2 fully saturated rings. The molecule has 0 radical (unpaired) electrons. The molecule has 12 heavy (non-hydrogen) atoms. The van der Waals surface area contributed by atoms with E-state index in [1.807, 2.05) is 4.31 Å². The Balaban J connectivity index is 2.26. The molecular weight excluding hydrogens is 170 g/mol. The first-order chi connectivity index (χ1) is 5.66. The van der Waals surface area contributed by atoms with Crippen molar-refractivity contribution in [3.63, 3.8) is 0 Å². The van der Waals surface area contributed by atoms with E-state index in [1.54, 1.807) is 0 Å². The summed E-state index contributed by atoms with van der Waals surface area (Å²) in [4.78, 5) is 0. The molecule has 1 N–H and O–H groups in total. The first kappa shape index (κ1) is 8.43. The number of hydrogen-bond donors (Lipinski definition) is 2. The van der Waals surface area contributed by atoms with Crippen LogP contribution in [-0.4, -0.2) is 28.1 Å². The van der Waals surface area contributed by atoms with Crippen molar-refractivity contribution in [2.45, 2.75) is 18.4 Å². The minimum atomic E-state index is -0.834. The van der Waals surface area contributed by atoms with Crippen LogP contribution >= 0.6 is 12.8 Å². The molecule has 2 aliphatic rings. The van der Waals surface area contributed by atoms with Gasteiger partial charge in [-0.3, -0.25) is 4.31 Å². The summed E-state index contributed by atoms with van der Waals surface area (Å²) in [6.07, 6.45) is 7.45. The van der Waals surface area contributed by atoms with E-state index in [1.165, 1.54) is 0 Å². The summed E-state index contributed by atoms with van der Waals surface area (Å²) in [5.74, 6) is 3.03. The molecule has 2 bridgehead atoms. The quantitative estimate of drug-likeness (QED) is 0.423. The number of piperidine rings is 1. The van der Waals surface area contributed by atoms with Crippen LogP contribution in [0, 0.1) is 24.2 Å². The number of thiol groups is 1. The third-order valence-electron chi connectivity index (χ3n) is 3.20. The number of aliphatic hydroxyl groups is 1. The summed E-state index contributed by atoms with van der Waals surface area (Å²) in [6, 6.07) is 0. The molecule has 1 saturated heterocycles. The largest absolute Gasteiger partial charge is 0.377 e. The molecule has 1 aliphatic heterocycles. The molecule has 2 rings (SSSR count). The number of terminal acetylenes is 1. The van der Waals surface area contributed by atoms with E-state index >= 15 is 0 Å². The van der Waals surface area contributed by atoms with Crippen molar-refractivity contribution in [2.75, 3.05) is 13.1 Å². The smallest absolute Gasteiger partial charge is 0.133 e. The van der Waals surface area contributed by atoms with Crippen molar-refractivity contribution in [2.24, 2.45) is 11.8 Å². The van der Waals surface area contributed by atoms with E-state index < -0.39 is 5.60 Å². The molecule has 0 aromatic rings. The lowest BCUT2D eigenvalue weighted by molar-refractivity contribution is -0.0152. The maximum absolute atomic E-state index is 10.1. The maximum atomic E-state index is 10.1. The van der Waals surface area contributed by atoms with Gasteiger partial charge in [-0.25, -0.2) is 0 Å². The summed E-state index contributed by atoms with van der Waals surface area (Å²) in [5, 5.41) is 10.1. The van der Waals surface area contributed by atoms with Gasteiger partial charge in [-0.2, -0.15) is 0 Å². The van der Waals surface area contributed by atoms with Gasteiger partial charge in [0.2, 0.25) is 0 Å². The van der Waals surface area contributed by atoms with E-state index in [4.69, 9.17) is 6.42 Å². The Labute approximate surface area is 78.5 Å². The average Bonchev–Trinajstić information content (AvgIpc) is 2.24. The molecule has 0 aromatic carbocycles. The fourth-order valence-corrected chi connectivity index (χ4v) is 2.85. The van der Waals surface area contributed by atoms with Gasteiger partial charge in [-0.15, -0.1) is 6.42 Å². The van der Waals surface area contributed by atoms with Gasteiger partial charge >= 0.3 is 0 Å². The zero-order valence-electron chi connectivity index (χ0n) is 6.90. The highest BCUT2D eigenvalue weighted by Crippen LogP contribution is 2.44. The fourth-order valence-electron chi connectivity index (χ4n) is 2.46. The highest BCUT2D eigenvalue weighted by atomic mass is 32.1. The zero-order chi connectivity index (χ0) is 8.77. The van der Waals surface area contributed by atoms with E-state index in [2.05, 4.69) is 18.7 Å². The lowest BCUT2D eigenvalue weighted by Gasteiger charge is -2.38. The van der Waals surface area contributed by atoms with E-state index in [9.17, 15) is 5.11 Å². The topological polar surface area (TPSA) is 23.5 Å². The third-order valence-corrected chi connectivity index (χ3v) is 3.53. The van der Waals surface area contributed by atoms with Crippen molar-refractivity contribution >= 4 is 12.8 Å². The molecule has 1 saturated carbocycles. The van der Waals surface area contributed by atoms with Crippen molar-refractivity contribution in [3.8, 4) is 12.3 Å². The van der Waals surface area contributed by atoms with Gasteiger partial charge in [0.05, 0.1) is 0 Å².